The minimum atomic E-state index is 0.216. The van der Waals surface area contributed by atoms with Crippen LogP contribution in [0.3, 0.4) is 0 Å². The Bertz CT molecular complexity index is 494. The predicted octanol–water partition coefficient (Wildman–Crippen LogP) is 2.84. The van der Waals surface area contributed by atoms with Gasteiger partial charge in [-0.05, 0) is 12.0 Å². The maximum Gasteiger partial charge on any atom is 0.133 e. The Morgan fingerprint density at radius 1 is 1.11 bits per heavy atom. The van der Waals surface area contributed by atoms with Gasteiger partial charge in [-0.2, -0.15) is 0 Å². The average molecular weight is 241 g/mol. The molecule has 0 aliphatic carbocycles. The Morgan fingerprint density at radius 3 is 2.44 bits per heavy atom. The van der Waals surface area contributed by atoms with Crippen LogP contribution in [0, 0.1) is 5.92 Å². The number of hydrogen-bond acceptors (Lipinski definition) is 3. The molecule has 3 nitrogen and oxygen atoms in total. The lowest BCUT2D eigenvalue weighted by Crippen LogP contribution is -2.20. The zero-order valence-corrected chi connectivity index (χ0v) is 10.9. The monoisotopic (exact) mass is 241 g/mol. The van der Waals surface area contributed by atoms with Gasteiger partial charge in [-0.3, -0.25) is 0 Å². The lowest BCUT2D eigenvalue weighted by atomic mass is 9.95. The fourth-order valence-electron chi connectivity index (χ4n) is 2.00. The summed E-state index contributed by atoms with van der Waals surface area (Å²) in [4.78, 5) is 9.01. The van der Waals surface area contributed by atoms with Gasteiger partial charge in [-0.1, -0.05) is 44.2 Å². The summed E-state index contributed by atoms with van der Waals surface area (Å²) in [5, 5.41) is 0. The molecular formula is C15H19N3. The first-order valence-corrected chi connectivity index (χ1v) is 6.30. The van der Waals surface area contributed by atoms with Gasteiger partial charge in [0.15, 0.2) is 0 Å². The van der Waals surface area contributed by atoms with E-state index in [0.29, 0.717) is 12.5 Å². The van der Waals surface area contributed by atoms with Crippen LogP contribution in [0.2, 0.25) is 0 Å². The molecule has 2 N–H and O–H groups in total. The number of aromatic nitrogens is 2. The second kappa shape index (κ2) is 5.74. The summed E-state index contributed by atoms with van der Waals surface area (Å²) in [7, 11) is 0. The number of benzene rings is 1. The van der Waals surface area contributed by atoms with Crippen molar-refractivity contribution in [3.8, 4) is 11.3 Å². The van der Waals surface area contributed by atoms with Crippen molar-refractivity contribution in [2.24, 2.45) is 11.7 Å². The molecule has 3 heteroatoms. The minimum absolute atomic E-state index is 0.216. The first-order chi connectivity index (χ1) is 8.72. The Kier molecular flexibility index (Phi) is 4.05. The Morgan fingerprint density at radius 2 is 1.83 bits per heavy atom. The van der Waals surface area contributed by atoms with Gasteiger partial charge >= 0.3 is 0 Å². The van der Waals surface area contributed by atoms with Gasteiger partial charge in [0.25, 0.3) is 0 Å². The number of nitrogens with two attached hydrogens (primary N) is 1. The highest BCUT2D eigenvalue weighted by Gasteiger charge is 2.17. The van der Waals surface area contributed by atoms with Crippen LogP contribution in [0.25, 0.3) is 11.3 Å². The molecule has 94 valence electrons. The molecule has 2 rings (SSSR count). The fraction of sp³-hybridized carbons (Fsp3) is 0.333. The first-order valence-electron chi connectivity index (χ1n) is 6.30. The first kappa shape index (κ1) is 12.7. The maximum atomic E-state index is 5.81. The molecule has 0 aliphatic rings. The van der Waals surface area contributed by atoms with Crippen molar-refractivity contribution in [3.63, 3.8) is 0 Å². The summed E-state index contributed by atoms with van der Waals surface area (Å²) < 4.78 is 0. The molecule has 0 bridgehead atoms. The number of hydrogen-bond donors (Lipinski definition) is 1. The molecule has 1 heterocycles. The predicted molar refractivity (Wildman–Crippen MR) is 74.1 cm³/mol. The summed E-state index contributed by atoms with van der Waals surface area (Å²) in [6.45, 7) is 4.88. The van der Waals surface area contributed by atoms with Crippen molar-refractivity contribution in [2.75, 3.05) is 6.54 Å². The SMILES string of the molecule is CC(C)C(CN)c1nccc(-c2ccccc2)n1. The zero-order valence-electron chi connectivity index (χ0n) is 10.9. The summed E-state index contributed by atoms with van der Waals surface area (Å²) in [5.41, 5.74) is 7.88. The van der Waals surface area contributed by atoms with E-state index in [9.17, 15) is 0 Å². The van der Waals surface area contributed by atoms with Gasteiger partial charge in [-0.15, -0.1) is 0 Å². The van der Waals surface area contributed by atoms with Crippen LogP contribution < -0.4 is 5.73 Å². The lowest BCUT2D eigenvalue weighted by Gasteiger charge is -2.17. The van der Waals surface area contributed by atoms with Crippen molar-refractivity contribution >= 4 is 0 Å². The lowest BCUT2D eigenvalue weighted by molar-refractivity contribution is 0.483. The quantitative estimate of drug-likeness (QED) is 0.895. The molecule has 1 unspecified atom stereocenters. The second-order valence-corrected chi connectivity index (χ2v) is 4.75. The maximum absolute atomic E-state index is 5.81. The van der Waals surface area contributed by atoms with Crippen molar-refractivity contribution in [3.05, 3.63) is 48.4 Å². The molecule has 1 aromatic heterocycles. The zero-order chi connectivity index (χ0) is 13.0. The highest BCUT2D eigenvalue weighted by Crippen LogP contribution is 2.22. The minimum Gasteiger partial charge on any atom is -0.330 e. The van der Waals surface area contributed by atoms with Crippen LogP contribution in [0.5, 0.6) is 0 Å². The van der Waals surface area contributed by atoms with Gasteiger partial charge in [-0.25, -0.2) is 9.97 Å². The van der Waals surface area contributed by atoms with Crippen LogP contribution >= 0.6 is 0 Å². The third-order valence-corrected chi connectivity index (χ3v) is 3.13. The molecule has 2 aromatic rings. The number of rotatable bonds is 4. The molecular weight excluding hydrogens is 222 g/mol. The van der Waals surface area contributed by atoms with E-state index in [1.54, 1.807) is 0 Å². The van der Waals surface area contributed by atoms with E-state index in [-0.39, 0.29) is 5.92 Å². The average Bonchev–Trinajstić information content (AvgIpc) is 2.40. The molecule has 0 amide bonds. The normalized spacial score (nSPS) is 12.7. The molecule has 1 atom stereocenters. The van der Waals surface area contributed by atoms with Gasteiger partial charge in [0.1, 0.15) is 5.82 Å². The highest BCUT2D eigenvalue weighted by atomic mass is 14.9. The summed E-state index contributed by atoms with van der Waals surface area (Å²) in [6.07, 6.45) is 1.82. The van der Waals surface area contributed by atoms with Crippen molar-refractivity contribution < 1.29 is 0 Å². The molecule has 1 aromatic carbocycles. The van der Waals surface area contributed by atoms with E-state index in [1.807, 2.05) is 30.5 Å². The van der Waals surface area contributed by atoms with Crippen molar-refractivity contribution in [1.82, 2.24) is 9.97 Å². The van der Waals surface area contributed by atoms with Gasteiger partial charge in [0.2, 0.25) is 0 Å². The standard InChI is InChI=1S/C15H19N3/c1-11(2)13(10-16)15-17-9-8-14(18-15)12-6-4-3-5-7-12/h3-9,11,13H,10,16H2,1-2H3. The summed E-state index contributed by atoms with van der Waals surface area (Å²) >= 11 is 0. The summed E-state index contributed by atoms with van der Waals surface area (Å²) in [5.74, 6) is 1.50. The third-order valence-electron chi connectivity index (χ3n) is 3.13. The Hall–Kier alpha value is -1.74. The van der Waals surface area contributed by atoms with Gasteiger partial charge in [0, 0.05) is 24.2 Å². The van der Waals surface area contributed by atoms with Crippen LogP contribution in [-0.4, -0.2) is 16.5 Å². The molecule has 0 aliphatic heterocycles. The smallest absolute Gasteiger partial charge is 0.133 e. The Labute approximate surface area is 108 Å². The molecule has 0 fully saturated rings. The van der Waals surface area contributed by atoms with Crippen LogP contribution in [-0.2, 0) is 0 Å². The number of nitrogens with zero attached hydrogens (tertiary/aromatic N) is 2. The van der Waals surface area contributed by atoms with Gasteiger partial charge in [0.05, 0.1) is 5.69 Å². The van der Waals surface area contributed by atoms with Gasteiger partial charge < -0.3 is 5.73 Å². The fourth-order valence-corrected chi connectivity index (χ4v) is 2.00. The molecule has 0 saturated heterocycles. The third kappa shape index (κ3) is 2.74. The van der Waals surface area contributed by atoms with Crippen molar-refractivity contribution in [2.45, 2.75) is 19.8 Å². The van der Waals surface area contributed by atoms with Crippen molar-refractivity contribution in [1.29, 1.82) is 0 Å². The van der Waals surface area contributed by atoms with E-state index in [4.69, 9.17) is 5.73 Å². The Balaban J connectivity index is 2.36. The van der Waals surface area contributed by atoms with E-state index in [0.717, 1.165) is 17.1 Å². The van der Waals surface area contributed by atoms with Crippen LogP contribution in [0.1, 0.15) is 25.6 Å². The van der Waals surface area contributed by atoms with E-state index in [2.05, 4.69) is 35.9 Å². The summed E-state index contributed by atoms with van der Waals surface area (Å²) in [6, 6.07) is 12.1. The molecule has 0 saturated carbocycles. The molecule has 18 heavy (non-hydrogen) atoms. The van der Waals surface area contributed by atoms with Crippen LogP contribution in [0.15, 0.2) is 42.6 Å². The largest absolute Gasteiger partial charge is 0.330 e. The highest BCUT2D eigenvalue weighted by molar-refractivity contribution is 5.58. The topological polar surface area (TPSA) is 51.8 Å². The van der Waals surface area contributed by atoms with E-state index >= 15 is 0 Å². The molecule has 0 spiro atoms. The van der Waals surface area contributed by atoms with E-state index in [1.165, 1.54) is 0 Å². The van der Waals surface area contributed by atoms with E-state index < -0.39 is 0 Å². The van der Waals surface area contributed by atoms with Crippen LogP contribution in [0.4, 0.5) is 0 Å². The second-order valence-electron chi connectivity index (χ2n) is 4.75. The molecule has 0 radical (unpaired) electrons.